The van der Waals surface area contributed by atoms with Crippen LogP contribution in [0.1, 0.15) is 55.4 Å². The molecule has 3 aromatic rings. The summed E-state index contributed by atoms with van der Waals surface area (Å²) in [6.45, 7) is 7.91. The van der Waals surface area contributed by atoms with E-state index in [9.17, 15) is 22.4 Å². The third-order valence-electron chi connectivity index (χ3n) is 7.54. The number of carbonyl (C=O) groups excluding carboxylic acids is 2. The Labute approximate surface area is 249 Å². The number of carbonyl (C=O) groups is 2. The fourth-order valence-corrected chi connectivity index (χ4v) is 5.79. The minimum atomic E-state index is -3.61. The van der Waals surface area contributed by atoms with Crippen molar-refractivity contribution in [3.63, 3.8) is 0 Å². The number of aryl methyl sites for hydroxylation is 1. The van der Waals surface area contributed by atoms with Crippen LogP contribution in [0.25, 0.3) is 0 Å². The SMILES string of the molecule is CC[C@@H](C)NC(=O)[C@@H](Cc1ccccc1)N(Cc1ccc(F)cc1)C(=O)CCCN(c1cccc(C)c1C)S(C)(=O)=O. The Morgan fingerprint density at radius 1 is 0.929 bits per heavy atom. The number of hydrogen-bond acceptors (Lipinski definition) is 4. The van der Waals surface area contributed by atoms with Crippen molar-refractivity contribution >= 4 is 27.5 Å². The molecule has 0 heterocycles. The molecule has 0 aromatic heterocycles. The first-order valence-electron chi connectivity index (χ1n) is 14.3. The number of nitrogens with one attached hydrogen (secondary N) is 1. The number of sulfonamides is 1. The Bertz CT molecular complexity index is 1450. The van der Waals surface area contributed by atoms with Crippen LogP contribution in [0.15, 0.2) is 72.8 Å². The lowest BCUT2D eigenvalue weighted by atomic mass is 10.0. The van der Waals surface area contributed by atoms with Crippen molar-refractivity contribution in [2.75, 3.05) is 17.1 Å². The maximum atomic E-state index is 13.9. The van der Waals surface area contributed by atoms with Gasteiger partial charge in [-0.25, -0.2) is 12.8 Å². The molecule has 0 saturated heterocycles. The zero-order valence-corrected chi connectivity index (χ0v) is 26.0. The number of nitrogens with zero attached hydrogens (tertiary/aromatic N) is 2. The first-order valence-corrected chi connectivity index (χ1v) is 16.2. The van der Waals surface area contributed by atoms with Gasteiger partial charge < -0.3 is 10.2 Å². The Morgan fingerprint density at radius 2 is 1.60 bits per heavy atom. The molecule has 0 bridgehead atoms. The molecule has 9 heteroatoms. The molecule has 0 aliphatic heterocycles. The van der Waals surface area contributed by atoms with Gasteiger partial charge in [-0.05, 0) is 74.1 Å². The molecule has 0 unspecified atom stereocenters. The molecule has 0 spiro atoms. The van der Waals surface area contributed by atoms with Gasteiger partial charge in [0.05, 0.1) is 11.9 Å². The summed E-state index contributed by atoms with van der Waals surface area (Å²) in [5, 5.41) is 3.03. The van der Waals surface area contributed by atoms with Crippen LogP contribution in [0, 0.1) is 19.7 Å². The summed E-state index contributed by atoms with van der Waals surface area (Å²) in [4.78, 5) is 29.1. The summed E-state index contributed by atoms with van der Waals surface area (Å²) in [7, 11) is -3.61. The average Bonchev–Trinajstić information content (AvgIpc) is 2.95. The minimum absolute atomic E-state index is 0.0278. The highest BCUT2D eigenvalue weighted by atomic mass is 32.2. The first kappa shape index (κ1) is 32.8. The normalized spacial score (nSPS) is 12.8. The van der Waals surface area contributed by atoms with Crippen molar-refractivity contribution in [1.82, 2.24) is 10.2 Å². The van der Waals surface area contributed by atoms with Crippen molar-refractivity contribution < 1.29 is 22.4 Å². The van der Waals surface area contributed by atoms with Crippen molar-refractivity contribution in [2.45, 2.75) is 72.0 Å². The van der Waals surface area contributed by atoms with E-state index in [0.29, 0.717) is 17.7 Å². The van der Waals surface area contributed by atoms with Gasteiger partial charge in [0.25, 0.3) is 0 Å². The Balaban J connectivity index is 1.90. The molecule has 0 aliphatic rings. The summed E-state index contributed by atoms with van der Waals surface area (Å²) in [5.41, 5.74) is 4.00. The smallest absolute Gasteiger partial charge is 0.243 e. The van der Waals surface area contributed by atoms with Crippen LogP contribution in [-0.2, 0) is 32.6 Å². The van der Waals surface area contributed by atoms with Gasteiger partial charge in [0, 0.05) is 32.0 Å². The minimum Gasteiger partial charge on any atom is -0.352 e. The van der Waals surface area contributed by atoms with Crippen LogP contribution in [0.2, 0.25) is 0 Å². The topological polar surface area (TPSA) is 86.8 Å². The standard InChI is InChI=1S/C33H42FN3O4S/c1-6-25(3)35-33(39)31(22-27-13-8-7-9-14-27)36(23-28-17-19-29(34)20-18-28)32(38)16-11-21-37(42(5,40)41)30-15-10-12-24(2)26(30)4/h7-10,12-15,17-20,25,31H,6,11,16,21-23H2,1-5H3,(H,35,39)/t25-,31-/m1/s1. The predicted octanol–water partition coefficient (Wildman–Crippen LogP) is 5.54. The average molecular weight is 596 g/mol. The van der Waals surface area contributed by atoms with Crippen molar-refractivity contribution in [1.29, 1.82) is 0 Å². The number of halogens is 1. The third kappa shape index (κ3) is 9.14. The zero-order valence-electron chi connectivity index (χ0n) is 25.1. The van der Waals surface area contributed by atoms with Crippen LogP contribution < -0.4 is 9.62 Å². The highest BCUT2D eigenvalue weighted by molar-refractivity contribution is 7.92. The first-order chi connectivity index (χ1) is 19.9. The molecule has 7 nitrogen and oxygen atoms in total. The molecule has 3 rings (SSSR count). The molecule has 226 valence electrons. The van der Waals surface area contributed by atoms with Crippen LogP contribution in [0.4, 0.5) is 10.1 Å². The Hall–Kier alpha value is -3.72. The van der Waals surface area contributed by atoms with E-state index in [0.717, 1.165) is 29.4 Å². The molecular weight excluding hydrogens is 553 g/mol. The molecule has 0 radical (unpaired) electrons. The third-order valence-corrected chi connectivity index (χ3v) is 8.72. The highest BCUT2D eigenvalue weighted by Gasteiger charge is 2.31. The lowest BCUT2D eigenvalue weighted by Gasteiger charge is -2.33. The van der Waals surface area contributed by atoms with Crippen LogP contribution in [0.5, 0.6) is 0 Å². The van der Waals surface area contributed by atoms with Crippen molar-refractivity contribution in [2.24, 2.45) is 0 Å². The number of amides is 2. The summed E-state index contributed by atoms with van der Waals surface area (Å²) in [6, 6.07) is 20.0. The van der Waals surface area contributed by atoms with E-state index in [-0.39, 0.29) is 49.6 Å². The number of anilines is 1. The van der Waals surface area contributed by atoms with E-state index in [2.05, 4.69) is 5.32 Å². The molecule has 2 atom stereocenters. The molecule has 1 N–H and O–H groups in total. The molecule has 0 aliphatic carbocycles. The number of rotatable bonds is 14. The summed E-state index contributed by atoms with van der Waals surface area (Å²) in [6.07, 6.45) is 2.47. The second-order valence-corrected chi connectivity index (χ2v) is 12.7. The maximum Gasteiger partial charge on any atom is 0.243 e. The summed E-state index contributed by atoms with van der Waals surface area (Å²) in [5.74, 6) is -0.940. The van der Waals surface area contributed by atoms with E-state index in [4.69, 9.17) is 0 Å². The molecule has 2 amide bonds. The lowest BCUT2D eigenvalue weighted by Crippen LogP contribution is -2.52. The molecule has 3 aromatic carbocycles. The number of hydrogen-bond donors (Lipinski definition) is 1. The summed E-state index contributed by atoms with van der Waals surface area (Å²) >= 11 is 0. The fraction of sp³-hybridized carbons (Fsp3) is 0.394. The largest absolute Gasteiger partial charge is 0.352 e. The van der Waals surface area contributed by atoms with Crippen molar-refractivity contribution in [3.8, 4) is 0 Å². The Kier molecular flexibility index (Phi) is 11.7. The van der Waals surface area contributed by atoms with Gasteiger partial charge in [-0.3, -0.25) is 13.9 Å². The molecule has 0 fully saturated rings. The van der Waals surface area contributed by atoms with E-state index in [1.54, 1.807) is 23.1 Å². The van der Waals surface area contributed by atoms with Gasteiger partial charge in [0.1, 0.15) is 11.9 Å². The monoisotopic (exact) mass is 595 g/mol. The van der Waals surface area contributed by atoms with E-state index >= 15 is 0 Å². The molecule has 0 saturated carbocycles. The van der Waals surface area contributed by atoms with E-state index in [1.165, 1.54) is 16.4 Å². The lowest BCUT2D eigenvalue weighted by molar-refractivity contribution is -0.141. The fourth-order valence-electron chi connectivity index (χ4n) is 4.77. The van der Waals surface area contributed by atoms with E-state index in [1.807, 2.05) is 70.2 Å². The second-order valence-electron chi connectivity index (χ2n) is 10.8. The number of benzene rings is 3. The van der Waals surface area contributed by atoms with Gasteiger partial charge in [0.15, 0.2) is 0 Å². The van der Waals surface area contributed by atoms with Crippen LogP contribution in [-0.4, -0.2) is 50.0 Å². The van der Waals surface area contributed by atoms with E-state index < -0.39 is 16.1 Å². The quantitative estimate of drug-likeness (QED) is 0.265. The van der Waals surface area contributed by atoms with Crippen LogP contribution in [0.3, 0.4) is 0 Å². The molecule has 42 heavy (non-hydrogen) atoms. The summed E-state index contributed by atoms with van der Waals surface area (Å²) < 4.78 is 40.5. The van der Waals surface area contributed by atoms with Gasteiger partial charge in [-0.15, -0.1) is 0 Å². The zero-order chi connectivity index (χ0) is 30.9. The van der Waals surface area contributed by atoms with Gasteiger partial charge >= 0.3 is 0 Å². The maximum absolute atomic E-state index is 13.9. The highest BCUT2D eigenvalue weighted by Crippen LogP contribution is 2.26. The van der Waals surface area contributed by atoms with Crippen LogP contribution >= 0.6 is 0 Å². The molecular formula is C33H42FN3O4S. The predicted molar refractivity (Wildman–Crippen MR) is 166 cm³/mol. The Morgan fingerprint density at radius 3 is 2.21 bits per heavy atom. The van der Waals surface area contributed by atoms with Gasteiger partial charge in [-0.1, -0.05) is 61.5 Å². The van der Waals surface area contributed by atoms with Crippen molar-refractivity contribution in [3.05, 3.63) is 101 Å². The van der Waals surface area contributed by atoms with Gasteiger partial charge in [0.2, 0.25) is 21.8 Å². The van der Waals surface area contributed by atoms with Gasteiger partial charge in [-0.2, -0.15) is 0 Å². The second kappa shape index (κ2) is 15.0.